The second-order valence-electron chi connectivity index (χ2n) is 2.79. The molecular formula is C10H21F3O3SSi. The molecule has 0 spiro atoms. The number of hydrogen-bond donors (Lipinski definition) is 0. The first-order valence-electron chi connectivity index (χ1n) is 14.2. The molecule has 0 aromatic heterocycles. The minimum Gasteiger partial charge on any atom is -0.307 e. The molecule has 0 rings (SSSR count). The fourth-order valence-corrected chi connectivity index (χ4v) is 4.16. The van der Waals surface area contributed by atoms with Crippen molar-refractivity contribution in [2.75, 3.05) is 0 Å². The summed E-state index contributed by atoms with van der Waals surface area (Å²) in [5.74, 6) is 0. The first-order valence-corrected chi connectivity index (χ1v) is 7.04. The van der Waals surface area contributed by atoms with Crippen molar-refractivity contribution in [1.29, 1.82) is 0 Å². The third kappa shape index (κ3) is 3.27. The molecule has 0 radical (unpaired) electrons. The molecule has 0 heterocycles. The quantitative estimate of drug-likeness (QED) is 0.565. The molecule has 8 heteroatoms. The summed E-state index contributed by atoms with van der Waals surface area (Å²) in [5, 5.41) is 0. The van der Waals surface area contributed by atoms with Crippen molar-refractivity contribution in [3.05, 3.63) is 0 Å². The van der Waals surface area contributed by atoms with E-state index in [4.69, 9.17) is 28.8 Å². The maximum Gasteiger partial charge on any atom is 0.522 e. The molecule has 0 saturated carbocycles. The molecule has 0 aliphatic heterocycles. The van der Waals surface area contributed by atoms with Gasteiger partial charge in [0.1, 0.15) is 0 Å². The normalized spacial score (nSPS) is 38.1. The molecule has 0 fully saturated rings. The lowest BCUT2D eigenvalue weighted by atomic mass is 10.5. The Morgan fingerprint density at radius 1 is 1.06 bits per heavy atom. The van der Waals surface area contributed by atoms with Gasteiger partial charge in [0.05, 0.1) is 0 Å². The Bertz CT molecular complexity index is 878. The van der Waals surface area contributed by atoms with E-state index in [1.807, 2.05) is 0 Å². The summed E-state index contributed by atoms with van der Waals surface area (Å²) in [6.07, 6.45) is 0. The van der Waals surface area contributed by atoms with Crippen LogP contribution in [0.25, 0.3) is 0 Å². The van der Waals surface area contributed by atoms with Gasteiger partial charge in [0.2, 0.25) is 8.32 Å². The lowest BCUT2D eigenvalue weighted by molar-refractivity contribution is -0.0505. The molecule has 0 bridgehead atoms. The molecule has 0 saturated heterocycles. The number of hydrogen-bond acceptors (Lipinski definition) is 3. The van der Waals surface area contributed by atoms with Crippen molar-refractivity contribution >= 4 is 18.4 Å². The van der Waals surface area contributed by atoms with Crippen molar-refractivity contribution in [2.24, 2.45) is 0 Å². The highest BCUT2D eigenvalue weighted by atomic mass is 32.2. The van der Waals surface area contributed by atoms with Crippen LogP contribution in [0.3, 0.4) is 0 Å². The molecule has 3 nitrogen and oxygen atoms in total. The number of halogens is 3. The smallest absolute Gasteiger partial charge is 0.307 e. The predicted molar refractivity (Wildman–Crippen MR) is 67.1 cm³/mol. The minimum atomic E-state index is -8.80. The molecule has 0 aliphatic carbocycles. The molecule has 0 aliphatic rings. The summed E-state index contributed by atoms with van der Waals surface area (Å²) in [7, 11) is -16.7. The highest BCUT2D eigenvalue weighted by Gasteiger charge is 2.56. The van der Waals surface area contributed by atoms with Gasteiger partial charge in [0, 0.05) is 28.8 Å². The first-order chi connectivity index (χ1) is 16.2. The van der Waals surface area contributed by atoms with Crippen molar-refractivity contribution in [3.8, 4) is 0 Å². The van der Waals surface area contributed by atoms with E-state index in [9.17, 15) is 21.6 Å². The zero-order valence-electron chi connectivity index (χ0n) is 29.3. The summed E-state index contributed by atoms with van der Waals surface area (Å²) in [4.78, 5) is 0. The van der Waals surface area contributed by atoms with Crippen LogP contribution in [-0.4, -0.2) is 22.2 Å². The molecule has 0 atom stereocenters. The second kappa shape index (κ2) is 5.50. The van der Waals surface area contributed by atoms with E-state index in [2.05, 4.69) is 3.87 Å². The molecule has 0 N–H and O–H groups in total. The summed E-state index contributed by atoms with van der Waals surface area (Å²) >= 11 is 0. The van der Waals surface area contributed by atoms with Crippen LogP contribution in [0, 0.1) is 0 Å². The highest BCUT2D eigenvalue weighted by Crippen LogP contribution is 2.45. The van der Waals surface area contributed by atoms with Gasteiger partial charge in [-0.05, 0) is 16.6 Å². The van der Waals surface area contributed by atoms with Crippen LogP contribution in [0.5, 0.6) is 0 Å². The van der Waals surface area contributed by atoms with Crippen molar-refractivity contribution < 1.29 is 54.2 Å². The van der Waals surface area contributed by atoms with Crippen LogP contribution in [0.1, 0.15) is 69.9 Å². The average Bonchev–Trinajstić information content (AvgIpc) is 2.57. The summed E-state index contributed by atoms with van der Waals surface area (Å²) in [5.41, 5.74) is -23.6. The molecule has 0 unspecified atom stereocenters. The van der Waals surface area contributed by atoms with Gasteiger partial charge in [-0.1, -0.05) is 41.1 Å². The van der Waals surface area contributed by atoms with E-state index in [1.54, 1.807) is 0 Å². The Morgan fingerprint density at radius 2 is 1.39 bits per heavy atom. The third-order valence-corrected chi connectivity index (χ3v) is 6.13. The van der Waals surface area contributed by atoms with E-state index < -0.39 is 81.6 Å². The molecular weight excluding hydrogens is 285 g/mol. The van der Waals surface area contributed by atoms with Crippen LogP contribution in [0.4, 0.5) is 13.2 Å². The van der Waals surface area contributed by atoms with E-state index in [-0.39, 0.29) is 0 Å². The van der Waals surface area contributed by atoms with Crippen LogP contribution >= 0.6 is 0 Å². The van der Waals surface area contributed by atoms with Crippen LogP contribution in [0.15, 0.2) is 0 Å². The van der Waals surface area contributed by atoms with Gasteiger partial charge in [0.25, 0.3) is 0 Å². The van der Waals surface area contributed by atoms with E-state index >= 15 is 0 Å². The monoisotopic (exact) mass is 327 g/mol. The maximum atomic E-state index is 13.6. The fraction of sp³-hybridized carbons (Fsp3) is 1.00. The molecule has 0 aromatic carbocycles. The molecule has 0 aromatic rings. The molecule has 110 valence electrons. The number of rotatable bonds is 5. The van der Waals surface area contributed by atoms with Gasteiger partial charge in [-0.2, -0.15) is 21.6 Å². The Morgan fingerprint density at radius 3 is 1.61 bits per heavy atom. The highest BCUT2D eigenvalue weighted by molar-refractivity contribution is 7.88. The van der Waals surface area contributed by atoms with Gasteiger partial charge >= 0.3 is 15.6 Å². The van der Waals surface area contributed by atoms with Gasteiger partial charge < -0.3 is 3.87 Å². The van der Waals surface area contributed by atoms with Gasteiger partial charge in [-0.15, -0.1) is 0 Å². The minimum absolute atomic E-state index is 3.71. The Balaban J connectivity index is 9.73. The summed E-state index contributed by atoms with van der Waals surface area (Å²) < 4.78 is 231. The van der Waals surface area contributed by atoms with Crippen LogP contribution in [-0.2, 0) is 14.0 Å². The topological polar surface area (TPSA) is 43.4 Å². The van der Waals surface area contributed by atoms with Crippen molar-refractivity contribution in [2.45, 2.75) is 63.2 Å². The van der Waals surface area contributed by atoms with Gasteiger partial charge in [0.15, 0.2) is 0 Å². The summed E-state index contributed by atoms with van der Waals surface area (Å²) in [6.45, 7) is -30.2. The average molecular weight is 328 g/mol. The molecule has 0 amide bonds. The Hall–Kier alpha value is -0.0831. The zero-order chi connectivity index (χ0) is 32.7. The first kappa shape index (κ1) is 3.57. The maximum absolute atomic E-state index is 13.6. The Labute approximate surface area is 137 Å². The number of alkyl halides is 3. The third-order valence-electron chi connectivity index (χ3n) is 1.57. The lowest BCUT2D eigenvalue weighted by Gasteiger charge is -2.40. The Kier molecular flexibility index (Phi) is 1.09. The SMILES string of the molecule is [2H]C([2H])([2H])C([2H])(C([2H])([2H])[2H])[Si](OS(=O)(=O)C(F)(F)F)(C([2H])(C([2H])([2H])[2H])C([2H])([2H])[2H])C([2H])(C([2H])([2H])[2H])C([2H])([2H])[2H]. The van der Waals surface area contributed by atoms with Crippen molar-refractivity contribution in [1.82, 2.24) is 0 Å². The molecule has 18 heavy (non-hydrogen) atoms. The van der Waals surface area contributed by atoms with E-state index in [1.165, 1.54) is 0 Å². The zero-order valence-corrected chi connectivity index (χ0v) is 10.1. The van der Waals surface area contributed by atoms with E-state index in [0.717, 1.165) is 0 Å². The van der Waals surface area contributed by atoms with Crippen LogP contribution < -0.4 is 0 Å². The largest absolute Gasteiger partial charge is 0.522 e. The fourth-order valence-electron chi connectivity index (χ4n) is 0.712. The standard InChI is InChI=1S/C10H21F3O3SSi/c1-7(2)18(8(3)4,9(5)6)16-17(14,15)10(11,12)13/h7-9H,1-6H3/i1D3,2D3,3D3,4D3,5D3,6D3,7D,8D,9D. The lowest BCUT2D eigenvalue weighted by Crippen LogP contribution is -2.51. The second-order valence-corrected chi connectivity index (χ2v) is 7.69. The predicted octanol–water partition coefficient (Wildman–Crippen LogP) is 4.03. The van der Waals surface area contributed by atoms with Gasteiger partial charge in [-0.3, -0.25) is 0 Å². The van der Waals surface area contributed by atoms with Gasteiger partial charge in [-0.25, -0.2) is 0 Å². The van der Waals surface area contributed by atoms with Crippen molar-refractivity contribution in [3.63, 3.8) is 0 Å². The van der Waals surface area contributed by atoms with E-state index in [0.29, 0.717) is 0 Å². The summed E-state index contributed by atoms with van der Waals surface area (Å²) in [6, 6.07) is 0. The van der Waals surface area contributed by atoms with Crippen LogP contribution in [0.2, 0.25) is 16.6 Å².